The average molecular weight is 435 g/mol. The van der Waals surface area contributed by atoms with Crippen molar-refractivity contribution in [3.05, 3.63) is 52.3 Å². The first-order valence-corrected chi connectivity index (χ1v) is 9.62. The molecule has 146 valence electrons. The largest absolute Gasteiger partial charge is 0.389 e. The van der Waals surface area contributed by atoms with E-state index in [1.807, 2.05) is 31.2 Å². The smallest absolute Gasteiger partial charge is 0.281 e. The van der Waals surface area contributed by atoms with Crippen LogP contribution in [0.25, 0.3) is 0 Å². The summed E-state index contributed by atoms with van der Waals surface area (Å²) in [4.78, 5) is 16.8. The van der Waals surface area contributed by atoms with E-state index in [0.29, 0.717) is 5.56 Å². The first-order chi connectivity index (χ1) is 12.4. The van der Waals surface area contributed by atoms with E-state index in [-0.39, 0.29) is 18.3 Å². The Kier molecular flexibility index (Phi) is 6.27. The van der Waals surface area contributed by atoms with E-state index in [9.17, 15) is 9.90 Å². The van der Waals surface area contributed by atoms with Gasteiger partial charge in [0.05, 0.1) is 29.3 Å². The lowest BCUT2D eigenvalue weighted by molar-refractivity contribution is 0.0576. The lowest BCUT2D eigenvalue weighted by atomic mass is 9.72. The molecule has 0 aliphatic carbocycles. The Labute approximate surface area is 168 Å². The Morgan fingerprint density at radius 3 is 2.41 bits per heavy atom. The summed E-state index contributed by atoms with van der Waals surface area (Å²) in [5.74, 6) is -0.0494. The number of rotatable bonds is 6. The number of carbonyl (C=O) groups excluding carboxylic acids is 1. The quantitative estimate of drug-likeness (QED) is 0.536. The number of benzene rings is 1. The highest BCUT2D eigenvalue weighted by atomic mass is 79.9. The summed E-state index contributed by atoms with van der Waals surface area (Å²) in [7, 11) is 0. The molecule has 0 radical (unpaired) electrons. The van der Waals surface area contributed by atoms with Crippen molar-refractivity contribution in [1.82, 2.24) is 9.78 Å². The zero-order chi connectivity index (χ0) is 20.4. The summed E-state index contributed by atoms with van der Waals surface area (Å²) in [5, 5.41) is 14.0. The normalized spacial score (nSPS) is 15.0. The van der Waals surface area contributed by atoms with E-state index in [1.54, 1.807) is 20.0 Å². The van der Waals surface area contributed by atoms with Crippen LogP contribution in [0.5, 0.6) is 0 Å². The fraction of sp³-hybridized carbons (Fsp3) is 0.450. The van der Waals surface area contributed by atoms with E-state index < -0.39 is 16.9 Å². The number of aliphatic hydroxyl groups is 1. The molecule has 0 fully saturated rings. The first kappa shape index (κ1) is 21.3. The molecule has 1 atom stereocenters. The molecule has 1 heterocycles. The average Bonchev–Trinajstić information content (AvgIpc) is 3.01. The molecule has 1 aromatic carbocycles. The third-order valence-electron chi connectivity index (χ3n) is 4.78. The number of halogens is 1. The van der Waals surface area contributed by atoms with Crippen molar-refractivity contribution in [2.24, 2.45) is 16.6 Å². The van der Waals surface area contributed by atoms with Gasteiger partial charge in [0, 0.05) is 10.7 Å². The number of nitrogens with zero attached hydrogens (tertiary/aromatic N) is 3. The zero-order valence-electron chi connectivity index (χ0n) is 16.4. The lowest BCUT2D eigenvalue weighted by Gasteiger charge is -2.33. The summed E-state index contributed by atoms with van der Waals surface area (Å²) in [6, 6.07) is 7.87. The van der Waals surface area contributed by atoms with E-state index in [2.05, 4.69) is 39.9 Å². The van der Waals surface area contributed by atoms with Crippen LogP contribution in [0.4, 0.5) is 0 Å². The van der Waals surface area contributed by atoms with Crippen LogP contribution in [0, 0.1) is 5.92 Å². The molecule has 1 amide bonds. The molecule has 0 bridgehead atoms. The van der Waals surface area contributed by atoms with Gasteiger partial charge in [-0.25, -0.2) is 0 Å². The molecule has 7 heteroatoms. The summed E-state index contributed by atoms with van der Waals surface area (Å²) in [6.45, 7) is 9.73. The van der Waals surface area contributed by atoms with Crippen LogP contribution in [0.1, 0.15) is 50.5 Å². The molecule has 2 aromatic rings. The van der Waals surface area contributed by atoms with Gasteiger partial charge in [-0.1, -0.05) is 41.9 Å². The van der Waals surface area contributed by atoms with Crippen molar-refractivity contribution < 1.29 is 9.90 Å². The maximum absolute atomic E-state index is 12.6. The number of hydrogen-bond donors (Lipinski definition) is 2. The van der Waals surface area contributed by atoms with Crippen LogP contribution in [0.2, 0.25) is 0 Å². The van der Waals surface area contributed by atoms with Crippen molar-refractivity contribution in [2.75, 3.05) is 0 Å². The molecule has 6 nitrogen and oxygen atoms in total. The van der Waals surface area contributed by atoms with Crippen molar-refractivity contribution >= 4 is 27.7 Å². The predicted octanol–water partition coefficient (Wildman–Crippen LogP) is 3.53. The van der Waals surface area contributed by atoms with Crippen LogP contribution in [-0.2, 0) is 12.0 Å². The molecule has 1 aromatic heterocycles. The number of amides is 1. The summed E-state index contributed by atoms with van der Waals surface area (Å²) in [5.41, 5.74) is 6.14. The summed E-state index contributed by atoms with van der Waals surface area (Å²) in [6.07, 6.45) is 3.01. The fourth-order valence-corrected chi connectivity index (χ4v) is 3.08. The second kappa shape index (κ2) is 7.94. The van der Waals surface area contributed by atoms with Gasteiger partial charge in [0.1, 0.15) is 5.84 Å². The van der Waals surface area contributed by atoms with E-state index in [0.717, 1.165) is 10.0 Å². The zero-order valence-corrected chi connectivity index (χ0v) is 18.0. The Hall–Kier alpha value is -1.99. The monoisotopic (exact) mass is 434 g/mol. The minimum absolute atomic E-state index is 0.133. The van der Waals surface area contributed by atoms with Gasteiger partial charge in [-0.3, -0.25) is 9.48 Å². The number of aliphatic imine (C=N–C) groups is 1. The Morgan fingerprint density at radius 1 is 1.30 bits per heavy atom. The topological polar surface area (TPSA) is 93.5 Å². The molecule has 3 N–H and O–H groups in total. The number of aromatic nitrogens is 2. The number of carbonyl (C=O) groups is 1. The predicted molar refractivity (Wildman–Crippen MR) is 111 cm³/mol. The summed E-state index contributed by atoms with van der Waals surface area (Å²) < 4.78 is 2.50. The maximum atomic E-state index is 12.6. The molecule has 1 unspecified atom stereocenters. The number of nitrogens with two attached hydrogens (primary N) is 1. The molecule has 2 rings (SSSR count). The van der Waals surface area contributed by atoms with Gasteiger partial charge in [-0.2, -0.15) is 10.1 Å². The van der Waals surface area contributed by atoms with Crippen molar-refractivity contribution in [2.45, 2.75) is 52.2 Å². The molecule has 0 saturated heterocycles. The second-order valence-corrected chi connectivity index (χ2v) is 8.82. The Morgan fingerprint density at radius 2 is 1.89 bits per heavy atom. The van der Waals surface area contributed by atoms with Gasteiger partial charge in [-0.15, -0.1) is 0 Å². The van der Waals surface area contributed by atoms with Crippen LogP contribution >= 0.6 is 15.9 Å². The van der Waals surface area contributed by atoms with Gasteiger partial charge in [0.15, 0.2) is 0 Å². The third-order valence-corrected chi connectivity index (χ3v) is 5.31. The fourth-order valence-electron chi connectivity index (χ4n) is 2.82. The minimum atomic E-state index is -0.924. The standard InChI is InChI=1S/C20H27BrN4O2/c1-13(2)20(5,15-6-8-16(21)9-7-15)18(22)24-17(26)14-10-23-25(11-14)12-19(3,4)27/h6-11,13,27H,12H2,1-5H3,(H2,22,24,26). The van der Waals surface area contributed by atoms with Gasteiger partial charge in [0.25, 0.3) is 5.91 Å². The van der Waals surface area contributed by atoms with Crippen LogP contribution in [0.15, 0.2) is 46.1 Å². The second-order valence-electron chi connectivity index (χ2n) is 7.91. The minimum Gasteiger partial charge on any atom is -0.389 e. The lowest BCUT2D eigenvalue weighted by Crippen LogP contribution is -2.43. The van der Waals surface area contributed by atoms with Crippen LogP contribution in [0.3, 0.4) is 0 Å². The van der Waals surface area contributed by atoms with Crippen molar-refractivity contribution in [3.63, 3.8) is 0 Å². The SMILES string of the molecule is CC(C)C(C)(C(N)=NC(=O)c1cnn(CC(C)(C)O)c1)c1ccc(Br)cc1. The van der Waals surface area contributed by atoms with Gasteiger partial charge < -0.3 is 10.8 Å². The molecule has 0 spiro atoms. The van der Waals surface area contributed by atoms with Crippen molar-refractivity contribution in [3.8, 4) is 0 Å². The molecular formula is C20H27BrN4O2. The molecule has 27 heavy (non-hydrogen) atoms. The molecule has 0 saturated carbocycles. The van der Waals surface area contributed by atoms with Gasteiger partial charge in [0.2, 0.25) is 0 Å². The highest BCUT2D eigenvalue weighted by Gasteiger charge is 2.35. The first-order valence-electron chi connectivity index (χ1n) is 8.83. The number of amidine groups is 1. The highest BCUT2D eigenvalue weighted by Crippen LogP contribution is 2.33. The molecule has 0 aliphatic heterocycles. The highest BCUT2D eigenvalue weighted by molar-refractivity contribution is 9.10. The Balaban J connectivity index is 2.32. The van der Waals surface area contributed by atoms with Gasteiger partial charge >= 0.3 is 0 Å². The van der Waals surface area contributed by atoms with E-state index in [1.165, 1.54) is 10.9 Å². The molecule has 0 aliphatic rings. The van der Waals surface area contributed by atoms with Crippen molar-refractivity contribution in [1.29, 1.82) is 0 Å². The Bertz CT molecular complexity index is 834. The van der Waals surface area contributed by atoms with E-state index in [4.69, 9.17) is 5.73 Å². The third kappa shape index (κ3) is 5.05. The van der Waals surface area contributed by atoms with Crippen LogP contribution in [-0.4, -0.2) is 32.2 Å². The van der Waals surface area contributed by atoms with Gasteiger partial charge in [-0.05, 0) is 44.4 Å². The summed E-state index contributed by atoms with van der Waals surface area (Å²) >= 11 is 3.44. The van der Waals surface area contributed by atoms with E-state index >= 15 is 0 Å². The van der Waals surface area contributed by atoms with Crippen LogP contribution < -0.4 is 5.73 Å². The maximum Gasteiger partial charge on any atom is 0.281 e. The molecular weight excluding hydrogens is 408 g/mol. The number of hydrogen-bond acceptors (Lipinski definition) is 3.